The molecular weight excluding hydrogens is 256 g/mol. The average Bonchev–Trinajstić information content (AvgIpc) is 2.90. The Kier molecular flexibility index (Phi) is 2.98. The Morgan fingerprint density at radius 1 is 1.20 bits per heavy atom. The first-order valence-corrected chi connectivity index (χ1v) is 6.34. The Bertz CT molecular complexity index is 647. The molecule has 0 atom stereocenters. The molecule has 0 saturated carbocycles. The molecule has 102 valence electrons. The summed E-state index contributed by atoms with van der Waals surface area (Å²) in [4.78, 5) is 17.1. The highest BCUT2D eigenvalue weighted by atomic mass is 16.6. The molecule has 0 unspecified atom stereocenters. The van der Waals surface area contributed by atoms with E-state index in [1.807, 2.05) is 29.2 Å². The van der Waals surface area contributed by atoms with Gasteiger partial charge in [-0.3, -0.25) is 10.1 Å². The lowest BCUT2D eigenvalue weighted by Crippen LogP contribution is -2.18. The van der Waals surface area contributed by atoms with Crippen molar-refractivity contribution in [3.63, 3.8) is 0 Å². The van der Waals surface area contributed by atoms with Gasteiger partial charge in [-0.2, -0.15) is 0 Å². The van der Waals surface area contributed by atoms with E-state index in [4.69, 9.17) is 0 Å². The number of fused-ring (bicyclic) bond motifs is 1. The molecule has 3 rings (SSSR count). The molecule has 0 radical (unpaired) electrons. The van der Waals surface area contributed by atoms with E-state index >= 15 is 0 Å². The maximum absolute atomic E-state index is 11.2. The monoisotopic (exact) mass is 270 g/mol. The highest BCUT2D eigenvalue weighted by molar-refractivity contribution is 5.63. The summed E-state index contributed by atoms with van der Waals surface area (Å²) in [5.74, 6) is 1.04. The van der Waals surface area contributed by atoms with Crippen molar-refractivity contribution in [3.05, 3.63) is 57.6 Å². The number of pyridine rings is 1. The topological polar surface area (TPSA) is 71.3 Å². The Hall–Kier alpha value is -2.63. The Labute approximate surface area is 116 Å². The van der Waals surface area contributed by atoms with Crippen LogP contribution in [-0.2, 0) is 13.1 Å². The second-order valence-electron chi connectivity index (χ2n) is 4.67. The maximum Gasteiger partial charge on any atom is 0.311 e. The molecule has 0 aliphatic carbocycles. The van der Waals surface area contributed by atoms with E-state index in [2.05, 4.69) is 10.3 Å². The van der Waals surface area contributed by atoms with Crippen molar-refractivity contribution in [1.82, 2.24) is 4.98 Å². The van der Waals surface area contributed by atoms with Gasteiger partial charge in [0.2, 0.25) is 5.82 Å². The van der Waals surface area contributed by atoms with Gasteiger partial charge in [0.25, 0.3) is 0 Å². The van der Waals surface area contributed by atoms with Crippen LogP contribution in [0.15, 0.2) is 36.4 Å². The minimum atomic E-state index is -0.384. The van der Waals surface area contributed by atoms with Crippen LogP contribution in [0.3, 0.4) is 0 Å². The van der Waals surface area contributed by atoms with Gasteiger partial charge in [0, 0.05) is 26.2 Å². The number of hydrogen-bond acceptors (Lipinski definition) is 5. The minimum Gasteiger partial charge on any atom is -0.373 e. The first-order chi connectivity index (χ1) is 9.69. The molecule has 1 aliphatic rings. The average molecular weight is 270 g/mol. The third-order valence-corrected chi connectivity index (χ3v) is 3.45. The van der Waals surface area contributed by atoms with Gasteiger partial charge >= 0.3 is 5.69 Å². The van der Waals surface area contributed by atoms with Gasteiger partial charge in [0.05, 0.1) is 4.92 Å². The first-order valence-electron chi connectivity index (χ1n) is 6.34. The van der Waals surface area contributed by atoms with Gasteiger partial charge in [-0.15, -0.1) is 0 Å². The molecule has 0 bridgehead atoms. The summed E-state index contributed by atoms with van der Waals surface area (Å²) < 4.78 is 0. The number of rotatable bonds is 3. The molecule has 2 aromatic rings. The molecule has 0 amide bonds. The van der Waals surface area contributed by atoms with Crippen LogP contribution in [0, 0.1) is 10.1 Å². The summed E-state index contributed by atoms with van der Waals surface area (Å²) in [5.41, 5.74) is 2.42. The smallest absolute Gasteiger partial charge is 0.311 e. The van der Waals surface area contributed by atoms with Gasteiger partial charge in [0.1, 0.15) is 5.82 Å². The largest absolute Gasteiger partial charge is 0.373 e. The molecule has 0 fully saturated rings. The Morgan fingerprint density at radius 2 is 1.85 bits per heavy atom. The van der Waals surface area contributed by atoms with Crippen molar-refractivity contribution >= 4 is 17.3 Å². The summed E-state index contributed by atoms with van der Waals surface area (Å²) in [5, 5.41) is 14.1. The zero-order valence-corrected chi connectivity index (χ0v) is 11.0. The van der Waals surface area contributed by atoms with E-state index in [9.17, 15) is 10.1 Å². The number of hydrogen-bond donors (Lipinski definition) is 1. The summed E-state index contributed by atoms with van der Waals surface area (Å²) in [6.07, 6.45) is 0. The van der Waals surface area contributed by atoms with Gasteiger partial charge in [-0.25, -0.2) is 4.98 Å². The highest BCUT2D eigenvalue weighted by Crippen LogP contribution is 2.33. The summed E-state index contributed by atoms with van der Waals surface area (Å²) in [6.45, 7) is 1.30. The SMILES string of the molecule is CNc1ccc([N+](=O)[O-])c(N2Cc3ccccc3C2)n1. The summed E-state index contributed by atoms with van der Waals surface area (Å²) >= 11 is 0. The lowest BCUT2D eigenvalue weighted by atomic mass is 10.1. The van der Waals surface area contributed by atoms with Crippen molar-refractivity contribution in [2.24, 2.45) is 0 Å². The van der Waals surface area contributed by atoms with E-state index in [0.29, 0.717) is 24.7 Å². The summed E-state index contributed by atoms with van der Waals surface area (Å²) in [7, 11) is 1.75. The van der Waals surface area contributed by atoms with Crippen LogP contribution < -0.4 is 10.2 Å². The van der Waals surface area contributed by atoms with Crippen LogP contribution in [0.4, 0.5) is 17.3 Å². The zero-order valence-electron chi connectivity index (χ0n) is 11.0. The third kappa shape index (κ3) is 2.05. The van der Waals surface area contributed by atoms with Crippen molar-refractivity contribution in [2.45, 2.75) is 13.1 Å². The Morgan fingerprint density at radius 3 is 2.40 bits per heavy atom. The molecule has 0 spiro atoms. The van der Waals surface area contributed by atoms with Crippen LogP contribution in [-0.4, -0.2) is 17.0 Å². The molecule has 2 heterocycles. The number of nitrogens with zero attached hydrogens (tertiary/aromatic N) is 3. The second kappa shape index (κ2) is 4.80. The van der Waals surface area contributed by atoms with E-state index in [-0.39, 0.29) is 10.6 Å². The van der Waals surface area contributed by atoms with Crippen molar-refractivity contribution in [2.75, 3.05) is 17.3 Å². The number of benzene rings is 1. The first kappa shape index (κ1) is 12.4. The normalized spacial score (nSPS) is 13.2. The molecule has 1 aromatic heterocycles. The number of aromatic nitrogens is 1. The number of anilines is 2. The molecule has 6 nitrogen and oxygen atoms in total. The van der Waals surface area contributed by atoms with E-state index in [0.717, 1.165) is 0 Å². The molecular formula is C14H14N4O2. The predicted molar refractivity (Wildman–Crippen MR) is 76.8 cm³/mol. The minimum absolute atomic E-state index is 0.0387. The standard InChI is InChI=1S/C14H14N4O2/c1-15-13-7-6-12(18(19)20)14(16-13)17-8-10-4-2-3-5-11(10)9-17/h2-7H,8-9H2,1H3,(H,15,16). The van der Waals surface area contributed by atoms with Crippen LogP contribution in [0.5, 0.6) is 0 Å². The van der Waals surface area contributed by atoms with Gasteiger partial charge < -0.3 is 10.2 Å². The zero-order chi connectivity index (χ0) is 14.1. The lowest BCUT2D eigenvalue weighted by molar-refractivity contribution is -0.384. The van der Waals surface area contributed by atoms with E-state index in [1.54, 1.807) is 13.1 Å². The van der Waals surface area contributed by atoms with Crippen molar-refractivity contribution < 1.29 is 4.92 Å². The fourth-order valence-corrected chi connectivity index (χ4v) is 2.44. The third-order valence-electron chi connectivity index (χ3n) is 3.45. The molecule has 1 N–H and O–H groups in total. The van der Waals surface area contributed by atoms with Crippen molar-refractivity contribution in [1.29, 1.82) is 0 Å². The van der Waals surface area contributed by atoms with Crippen LogP contribution in [0.2, 0.25) is 0 Å². The van der Waals surface area contributed by atoms with E-state index < -0.39 is 0 Å². The van der Waals surface area contributed by atoms with Crippen LogP contribution >= 0.6 is 0 Å². The fraction of sp³-hybridized carbons (Fsp3) is 0.214. The Balaban J connectivity index is 2.00. The van der Waals surface area contributed by atoms with Crippen LogP contribution in [0.1, 0.15) is 11.1 Å². The number of nitro groups is 1. The quantitative estimate of drug-likeness (QED) is 0.685. The lowest BCUT2D eigenvalue weighted by Gasteiger charge is -2.17. The maximum atomic E-state index is 11.2. The predicted octanol–water partition coefficient (Wildman–Crippen LogP) is 2.55. The van der Waals surface area contributed by atoms with Gasteiger partial charge in [0.15, 0.2) is 0 Å². The molecule has 6 heteroatoms. The fourth-order valence-electron chi connectivity index (χ4n) is 2.44. The second-order valence-corrected chi connectivity index (χ2v) is 4.67. The van der Waals surface area contributed by atoms with Crippen LogP contribution in [0.25, 0.3) is 0 Å². The summed E-state index contributed by atoms with van der Waals surface area (Å²) in [6, 6.07) is 11.2. The highest BCUT2D eigenvalue weighted by Gasteiger charge is 2.26. The van der Waals surface area contributed by atoms with Crippen molar-refractivity contribution in [3.8, 4) is 0 Å². The van der Waals surface area contributed by atoms with Gasteiger partial charge in [-0.1, -0.05) is 24.3 Å². The number of nitrogens with one attached hydrogen (secondary N) is 1. The molecule has 0 saturated heterocycles. The molecule has 1 aliphatic heterocycles. The van der Waals surface area contributed by atoms with Gasteiger partial charge in [-0.05, 0) is 17.2 Å². The molecule has 20 heavy (non-hydrogen) atoms. The molecule has 1 aromatic carbocycles. The van der Waals surface area contributed by atoms with E-state index in [1.165, 1.54) is 17.2 Å².